The SMILES string of the molecule is CCNC(=NCc1cc(OC)ccc1OC(F)F)NCCCc1nc(C)cs1. The van der Waals surface area contributed by atoms with Crippen LogP contribution in [0.1, 0.15) is 29.6 Å². The van der Waals surface area contributed by atoms with Gasteiger partial charge in [-0.2, -0.15) is 8.78 Å². The number of nitrogens with zero attached hydrogens (tertiary/aromatic N) is 2. The Morgan fingerprint density at radius 3 is 2.79 bits per heavy atom. The molecule has 0 saturated carbocycles. The van der Waals surface area contributed by atoms with E-state index in [9.17, 15) is 8.78 Å². The average molecular weight is 413 g/mol. The van der Waals surface area contributed by atoms with Crippen LogP contribution < -0.4 is 20.1 Å². The first-order valence-corrected chi connectivity index (χ1v) is 9.94. The fourth-order valence-electron chi connectivity index (χ4n) is 2.49. The van der Waals surface area contributed by atoms with Gasteiger partial charge in [-0.1, -0.05) is 0 Å². The van der Waals surface area contributed by atoms with Crippen molar-refractivity contribution >= 4 is 17.3 Å². The second-order valence-electron chi connectivity index (χ2n) is 5.96. The number of hydrogen-bond acceptors (Lipinski definition) is 5. The maximum absolute atomic E-state index is 12.6. The van der Waals surface area contributed by atoms with Gasteiger partial charge >= 0.3 is 6.61 Å². The number of thiazole rings is 1. The van der Waals surface area contributed by atoms with E-state index < -0.39 is 6.61 Å². The van der Waals surface area contributed by atoms with Gasteiger partial charge in [0.2, 0.25) is 0 Å². The predicted molar refractivity (Wildman–Crippen MR) is 108 cm³/mol. The Morgan fingerprint density at radius 2 is 2.14 bits per heavy atom. The smallest absolute Gasteiger partial charge is 0.387 e. The molecular formula is C19H26F2N4O2S. The van der Waals surface area contributed by atoms with Crippen molar-refractivity contribution < 1.29 is 18.3 Å². The first-order chi connectivity index (χ1) is 13.5. The Kier molecular flexibility index (Phi) is 8.93. The second-order valence-corrected chi connectivity index (χ2v) is 6.90. The molecule has 28 heavy (non-hydrogen) atoms. The lowest BCUT2D eigenvalue weighted by Gasteiger charge is -2.13. The van der Waals surface area contributed by atoms with Crippen LogP contribution in [0.5, 0.6) is 11.5 Å². The van der Waals surface area contributed by atoms with Crippen LogP contribution in [-0.4, -0.2) is 37.8 Å². The molecule has 6 nitrogen and oxygen atoms in total. The lowest BCUT2D eigenvalue weighted by molar-refractivity contribution is -0.0504. The summed E-state index contributed by atoms with van der Waals surface area (Å²) >= 11 is 1.66. The minimum Gasteiger partial charge on any atom is -0.497 e. The minimum absolute atomic E-state index is 0.0922. The number of halogens is 2. The largest absolute Gasteiger partial charge is 0.497 e. The van der Waals surface area contributed by atoms with Crippen LogP contribution in [0.3, 0.4) is 0 Å². The maximum atomic E-state index is 12.6. The van der Waals surface area contributed by atoms with Crippen molar-refractivity contribution in [1.82, 2.24) is 15.6 Å². The summed E-state index contributed by atoms with van der Waals surface area (Å²) in [6.45, 7) is 2.65. The zero-order valence-corrected chi connectivity index (χ0v) is 17.1. The van der Waals surface area contributed by atoms with Crippen LogP contribution in [0.15, 0.2) is 28.6 Å². The van der Waals surface area contributed by atoms with Crippen molar-refractivity contribution in [2.45, 2.75) is 39.8 Å². The highest BCUT2D eigenvalue weighted by Gasteiger charge is 2.11. The molecule has 1 aromatic carbocycles. The van der Waals surface area contributed by atoms with Gasteiger partial charge in [0, 0.05) is 36.1 Å². The molecule has 1 aromatic heterocycles. The Bertz CT molecular complexity index is 768. The molecule has 2 aromatic rings. The molecule has 154 valence electrons. The van der Waals surface area contributed by atoms with Crippen LogP contribution >= 0.6 is 11.3 Å². The van der Waals surface area contributed by atoms with Crippen molar-refractivity contribution in [2.24, 2.45) is 4.99 Å². The first kappa shape index (κ1) is 21.9. The lowest BCUT2D eigenvalue weighted by atomic mass is 10.2. The molecule has 0 atom stereocenters. The maximum Gasteiger partial charge on any atom is 0.387 e. The molecular weight excluding hydrogens is 386 g/mol. The van der Waals surface area contributed by atoms with Gasteiger partial charge in [-0.25, -0.2) is 9.98 Å². The number of hydrogen-bond donors (Lipinski definition) is 2. The summed E-state index contributed by atoms with van der Waals surface area (Å²) in [7, 11) is 1.52. The van der Waals surface area contributed by atoms with Gasteiger partial charge in [-0.15, -0.1) is 11.3 Å². The number of rotatable bonds is 10. The Morgan fingerprint density at radius 1 is 1.32 bits per heavy atom. The third-order valence-electron chi connectivity index (χ3n) is 3.76. The molecule has 0 aliphatic heterocycles. The van der Waals surface area contributed by atoms with Gasteiger partial charge < -0.3 is 20.1 Å². The third kappa shape index (κ3) is 7.30. The van der Waals surface area contributed by atoms with Crippen molar-refractivity contribution in [3.05, 3.63) is 39.8 Å². The number of guanidine groups is 1. The van der Waals surface area contributed by atoms with E-state index in [1.807, 2.05) is 19.2 Å². The van der Waals surface area contributed by atoms with E-state index in [-0.39, 0.29) is 12.3 Å². The summed E-state index contributed by atoms with van der Waals surface area (Å²) in [5.74, 6) is 1.27. The van der Waals surface area contributed by atoms with E-state index in [4.69, 9.17) is 4.74 Å². The van der Waals surface area contributed by atoms with Crippen molar-refractivity contribution in [1.29, 1.82) is 0 Å². The molecule has 0 saturated heterocycles. The fourth-order valence-corrected chi connectivity index (χ4v) is 3.31. The van der Waals surface area contributed by atoms with Crippen LogP contribution in [0.2, 0.25) is 0 Å². The summed E-state index contributed by atoms with van der Waals surface area (Å²) in [6.07, 6.45) is 1.81. The zero-order valence-electron chi connectivity index (χ0n) is 16.3. The molecule has 0 bridgehead atoms. The number of methoxy groups -OCH3 is 1. The summed E-state index contributed by atoms with van der Waals surface area (Å²) in [6, 6.07) is 4.69. The van der Waals surface area contributed by atoms with Crippen LogP contribution in [0.25, 0.3) is 0 Å². The molecule has 0 aliphatic rings. The molecule has 2 rings (SSSR count). The van der Waals surface area contributed by atoms with Gasteiger partial charge in [0.15, 0.2) is 5.96 Å². The third-order valence-corrected chi connectivity index (χ3v) is 4.79. The van der Waals surface area contributed by atoms with Crippen LogP contribution in [0.4, 0.5) is 8.78 Å². The van der Waals surface area contributed by atoms with Crippen LogP contribution in [-0.2, 0) is 13.0 Å². The number of aromatic nitrogens is 1. The van der Waals surface area contributed by atoms with Gasteiger partial charge in [-0.3, -0.25) is 0 Å². The molecule has 0 amide bonds. The standard InChI is InChI=1S/C19H26F2N4O2S/c1-4-22-19(23-9-5-6-17-25-13(2)12-28-17)24-11-14-10-15(26-3)7-8-16(14)27-18(20)21/h7-8,10,12,18H,4-6,9,11H2,1-3H3,(H2,22,23,24). The first-order valence-electron chi connectivity index (χ1n) is 9.06. The quantitative estimate of drug-likeness (QED) is 0.353. The molecule has 2 N–H and O–H groups in total. The van der Waals surface area contributed by atoms with E-state index in [1.54, 1.807) is 23.5 Å². The van der Waals surface area contributed by atoms with E-state index in [0.29, 0.717) is 23.8 Å². The lowest BCUT2D eigenvalue weighted by Crippen LogP contribution is -2.37. The highest BCUT2D eigenvalue weighted by atomic mass is 32.1. The molecule has 9 heteroatoms. The minimum atomic E-state index is -2.89. The van der Waals surface area contributed by atoms with E-state index in [2.05, 4.69) is 25.3 Å². The van der Waals surface area contributed by atoms with Crippen molar-refractivity contribution in [3.63, 3.8) is 0 Å². The van der Waals surface area contributed by atoms with Gasteiger partial charge in [-0.05, 0) is 38.5 Å². The van der Waals surface area contributed by atoms with Gasteiger partial charge in [0.1, 0.15) is 11.5 Å². The van der Waals surface area contributed by atoms with E-state index in [1.165, 1.54) is 13.2 Å². The molecule has 0 radical (unpaired) electrons. The molecule has 1 heterocycles. The Balaban J connectivity index is 1.96. The van der Waals surface area contributed by atoms with E-state index >= 15 is 0 Å². The molecule has 0 aliphatic carbocycles. The summed E-state index contributed by atoms with van der Waals surface area (Å²) in [4.78, 5) is 8.92. The molecule has 0 fully saturated rings. The highest BCUT2D eigenvalue weighted by Crippen LogP contribution is 2.26. The molecule has 0 unspecified atom stereocenters. The Hall–Kier alpha value is -2.42. The summed E-state index contributed by atoms with van der Waals surface area (Å²) in [5, 5.41) is 9.56. The average Bonchev–Trinajstić information content (AvgIpc) is 3.08. The normalized spacial score (nSPS) is 11.6. The van der Waals surface area contributed by atoms with Gasteiger partial charge in [0.05, 0.1) is 18.7 Å². The number of nitrogens with one attached hydrogen (secondary N) is 2. The molecule has 0 spiro atoms. The number of benzene rings is 1. The fraction of sp³-hybridized carbons (Fsp3) is 0.474. The van der Waals surface area contributed by atoms with Crippen LogP contribution in [0, 0.1) is 6.92 Å². The monoisotopic (exact) mass is 412 g/mol. The number of alkyl halides is 2. The van der Waals surface area contributed by atoms with Crippen molar-refractivity contribution in [3.8, 4) is 11.5 Å². The summed E-state index contributed by atoms with van der Waals surface area (Å²) in [5.41, 5.74) is 1.57. The topological polar surface area (TPSA) is 67.8 Å². The second kappa shape index (κ2) is 11.4. The predicted octanol–water partition coefficient (Wildman–Crippen LogP) is 3.75. The number of aliphatic imine (C=N–C) groups is 1. The summed E-state index contributed by atoms with van der Waals surface area (Å²) < 4.78 is 35.0. The van der Waals surface area contributed by atoms with Gasteiger partial charge in [0.25, 0.3) is 0 Å². The Labute approximate surface area is 168 Å². The number of ether oxygens (including phenoxy) is 2. The van der Waals surface area contributed by atoms with Crippen molar-refractivity contribution in [2.75, 3.05) is 20.2 Å². The highest BCUT2D eigenvalue weighted by molar-refractivity contribution is 7.09. The zero-order chi connectivity index (χ0) is 20.4. The van der Waals surface area contributed by atoms with E-state index in [0.717, 1.165) is 30.1 Å². The number of aryl methyl sites for hydroxylation is 2.